The molecule has 0 radical (unpaired) electrons. The van der Waals surface area contributed by atoms with E-state index in [4.69, 9.17) is 0 Å². The lowest BCUT2D eigenvalue weighted by Gasteiger charge is -2.24. The highest BCUT2D eigenvalue weighted by molar-refractivity contribution is 5.80. The summed E-state index contributed by atoms with van der Waals surface area (Å²) in [5, 5.41) is 6.64. The Hall–Kier alpha value is -1.78. The zero-order chi connectivity index (χ0) is 14.5. The predicted molar refractivity (Wildman–Crippen MR) is 81.7 cm³/mol. The monoisotopic (exact) mass is 263 g/mol. The summed E-state index contributed by atoms with van der Waals surface area (Å²) in [5.41, 5.74) is 1.13. The Labute approximate surface area is 116 Å². The molecule has 0 bridgehead atoms. The van der Waals surface area contributed by atoms with Crippen molar-refractivity contribution in [3.63, 3.8) is 0 Å². The van der Waals surface area contributed by atoms with Gasteiger partial charge in [0.25, 0.3) is 0 Å². The predicted octanol–water partition coefficient (Wildman–Crippen LogP) is 1.61. The van der Waals surface area contributed by atoms with Gasteiger partial charge in [-0.1, -0.05) is 6.07 Å². The minimum Gasteiger partial charge on any atom is -0.362 e. The maximum Gasteiger partial charge on any atom is 0.191 e. The molecule has 1 rings (SSSR count). The van der Waals surface area contributed by atoms with E-state index in [0.29, 0.717) is 6.54 Å². The molecule has 1 heterocycles. The van der Waals surface area contributed by atoms with Gasteiger partial charge in [-0.05, 0) is 26.8 Å². The molecule has 0 unspecified atom stereocenters. The Kier molecular flexibility index (Phi) is 5.15. The summed E-state index contributed by atoms with van der Waals surface area (Å²) in [7, 11) is 5.76. The van der Waals surface area contributed by atoms with E-state index < -0.39 is 0 Å². The van der Waals surface area contributed by atoms with Crippen LogP contribution >= 0.6 is 0 Å². The van der Waals surface area contributed by atoms with Crippen LogP contribution in [0.3, 0.4) is 0 Å². The number of rotatable bonds is 3. The summed E-state index contributed by atoms with van der Waals surface area (Å²) in [4.78, 5) is 10.6. The Bertz CT molecular complexity index is 432. The molecule has 0 aliphatic rings. The van der Waals surface area contributed by atoms with Crippen molar-refractivity contribution in [1.82, 2.24) is 15.6 Å². The largest absolute Gasteiger partial charge is 0.362 e. The minimum atomic E-state index is -0.0127. The fourth-order valence-corrected chi connectivity index (χ4v) is 1.68. The minimum absolute atomic E-state index is 0.0127. The van der Waals surface area contributed by atoms with Crippen molar-refractivity contribution in [2.75, 3.05) is 26.0 Å². The molecule has 19 heavy (non-hydrogen) atoms. The standard InChI is InChI=1S/C14H25N5/c1-14(2,3)18-13(15-4)17-10-11-8-7-9-16-12(11)19(5)6/h7-9H,10H2,1-6H3,(H2,15,17,18). The summed E-state index contributed by atoms with van der Waals surface area (Å²) in [6.45, 7) is 7.01. The average Bonchev–Trinajstić information content (AvgIpc) is 2.33. The lowest BCUT2D eigenvalue weighted by atomic mass is 10.1. The molecular weight excluding hydrogens is 238 g/mol. The smallest absolute Gasteiger partial charge is 0.191 e. The van der Waals surface area contributed by atoms with Crippen LogP contribution in [0.4, 0.5) is 5.82 Å². The third-order valence-electron chi connectivity index (χ3n) is 2.45. The topological polar surface area (TPSA) is 52.6 Å². The lowest BCUT2D eigenvalue weighted by molar-refractivity contribution is 0.501. The van der Waals surface area contributed by atoms with Crippen molar-refractivity contribution in [3.05, 3.63) is 23.9 Å². The van der Waals surface area contributed by atoms with Gasteiger partial charge in [0.15, 0.2) is 5.96 Å². The van der Waals surface area contributed by atoms with Gasteiger partial charge in [-0.2, -0.15) is 0 Å². The number of hydrogen-bond donors (Lipinski definition) is 2. The number of aromatic nitrogens is 1. The summed E-state index contributed by atoms with van der Waals surface area (Å²) in [6.07, 6.45) is 1.81. The molecule has 2 N–H and O–H groups in total. The van der Waals surface area contributed by atoms with Crippen molar-refractivity contribution < 1.29 is 0 Å². The van der Waals surface area contributed by atoms with Crippen LogP contribution < -0.4 is 15.5 Å². The molecule has 5 nitrogen and oxygen atoms in total. The molecule has 0 aliphatic heterocycles. The highest BCUT2D eigenvalue weighted by atomic mass is 15.2. The Balaban J connectivity index is 2.71. The van der Waals surface area contributed by atoms with Gasteiger partial charge in [-0.25, -0.2) is 4.98 Å². The normalized spacial score (nSPS) is 12.2. The molecule has 0 saturated heterocycles. The van der Waals surface area contributed by atoms with E-state index in [1.165, 1.54) is 0 Å². The molecule has 0 aromatic carbocycles. The molecule has 0 spiro atoms. The third kappa shape index (κ3) is 5.16. The zero-order valence-corrected chi connectivity index (χ0v) is 12.8. The van der Waals surface area contributed by atoms with Crippen molar-refractivity contribution in [2.24, 2.45) is 4.99 Å². The molecule has 0 amide bonds. The number of pyridine rings is 1. The lowest BCUT2D eigenvalue weighted by Crippen LogP contribution is -2.47. The number of hydrogen-bond acceptors (Lipinski definition) is 3. The van der Waals surface area contributed by atoms with E-state index in [-0.39, 0.29) is 5.54 Å². The third-order valence-corrected chi connectivity index (χ3v) is 2.45. The van der Waals surface area contributed by atoms with Gasteiger partial charge >= 0.3 is 0 Å². The maximum atomic E-state index is 4.38. The quantitative estimate of drug-likeness (QED) is 0.642. The van der Waals surface area contributed by atoms with Crippen LogP contribution in [-0.4, -0.2) is 37.6 Å². The van der Waals surface area contributed by atoms with Crippen LogP contribution in [0.1, 0.15) is 26.3 Å². The number of nitrogens with one attached hydrogen (secondary N) is 2. The van der Waals surface area contributed by atoms with Gasteiger partial charge in [-0.3, -0.25) is 4.99 Å². The van der Waals surface area contributed by atoms with Crippen LogP contribution in [0.2, 0.25) is 0 Å². The number of nitrogens with zero attached hydrogens (tertiary/aromatic N) is 3. The number of anilines is 1. The summed E-state index contributed by atoms with van der Waals surface area (Å²) < 4.78 is 0. The highest BCUT2D eigenvalue weighted by Crippen LogP contribution is 2.13. The first-order chi connectivity index (χ1) is 8.83. The average molecular weight is 263 g/mol. The van der Waals surface area contributed by atoms with E-state index in [1.807, 2.05) is 25.1 Å². The van der Waals surface area contributed by atoms with Crippen molar-refractivity contribution >= 4 is 11.8 Å². The first kappa shape index (κ1) is 15.3. The zero-order valence-electron chi connectivity index (χ0n) is 12.8. The first-order valence-corrected chi connectivity index (χ1v) is 6.43. The molecule has 0 saturated carbocycles. The Morgan fingerprint density at radius 3 is 2.58 bits per heavy atom. The second-order valence-electron chi connectivity index (χ2n) is 5.68. The fourth-order valence-electron chi connectivity index (χ4n) is 1.68. The van der Waals surface area contributed by atoms with Gasteiger partial charge in [0.05, 0.1) is 0 Å². The van der Waals surface area contributed by atoms with Gasteiger partial charge in [0.2, 0.25) is 0 Å². The van der Waals surface area contributed by atoms with Crippen LogP contribution in [0, 0.1) is 0 Å². The van der Waals surface area contributed by atoms with E-state index >= 15 is 0 Å². The van der Waals surface area contributed by atoms with Crippen molar-refractivity contribution in [1.29, 1.82) is 0 Å². The molecule has 0 fully saturated rings. The van der Waals surface area contributed by atoms with E-state index in [9.17, 15) is 0 Å². The summed E-state index contributed by atoms with van der Waals surface area (Å²) in [5.74, 6) is 1.77. The SMILES string of the molecule is CN=C(NCc1cccnc1N(C)C)NC(C)(C)C. The molecule has 0 atom stereocenters. The molecule has 0 aliphatic carbocycles. The Morgan fingerprint density at radius 2 is 2.05 bits per heavy atom. The van der Waals surface area contributed by atoms with E-state index in [1.54, 1.807) is 13.2 Å². The molecule has 1 aromatic heterocycles. The molecule has 5 heteroatoms. The van der Waals surface area contributed by atoms with Crippen molar-refractivity contribution in [2.45, 2.75) is 32.9 Å². The van der Waals surface area contributed by atoms with Gasteiger partial charge in [0, 0.05) is 45.0 Å². The summed E-state index contributed by atoms with van der Waals surface area (Å²) >= 11 is 0. The fraction of sp³-hybridized carbons (Fsp3) is 0.571. The highest BCUT2D eigenvalue weighted by Gasteiger charge is 2.12. The van der Waals surface area contributed by atoms with Crippen LogP contribution in [0.5, 0.6) is 0 Å². The number of aliphatic imine (C=N–C) groups is 1. The van der Waals surface area contributed by atoms with E-state index in [0.717, 1.165) is 17.3 Å². The number of guanidine groups is 1. The van der Waals surface area contributed by atoms with Gasteiger partial charge < -0.3 is 15.5 Å². The van der Waals surface area contributed by atoms with E-state index in [2.05, 4.69) is 47.4 Å². The second kappa shape index (κ2) is 6.41. The van der Waals surface area contributed by atoms with Crippen LogP contribution in [0.25, 0.3) is 0 Å². The Morgan fingerprint density at radius 1 is 1.37 bits per heavy atom. The van der Waals surface area contributed by atoms with Gasteiger partial charge in [-0.15, -0.1) is 0 Å². The molecular formula is C14H25N5. The summed E-state index contributed by atoms with van der Waals surface area (Å²) in [6, 6.07) is 4.02. The molecule has 106 valence electrons. The second-order valence-corrected chi connectivity index (χ2v) is 5.68. The van der Waals surface area contributed by atoms with Gasteiger partial charge in [0.1, 0.15) is 5.82 Å². The maximum absolute atomic E-state index is 4.38. The molecule has 1 aromatic rings. The van der Waals surface area contributed by atoms with Crippen molar-refractivity contribution in [3.8, 4) is 0 Å². The van der Waals surface area contributed by atoms with Crippen LogP contribution in [-0.2, 0) is 6.54 Å². The van der Waals surface area contributed by atoms with Crippen LogP contribution in [0.15, 0.2) is 23.3 Å². The first-order valence-electron chi connectivity index (χ1n) is 6.43.